The predicted octanol–water partition coefficient (Wildman–Crippen LogP) is 2.19. The summed E-state index contributed by atoms with van der Waals surface area (Å²) in [5.41, 5.74) is 0.468. The Bertz CT molecular complexity index is 262. The summed E-state index contributed by atoms with van der Waals surface area (Å²) in [5.74, 6) is 0.242. The highest BCUT2D eigenvalue weighted by atomic mass is 35.5. The van der Waals surface area contributed by atoms with Crippen LogP contribution >= 0.6 is 11.6 Å². The average Bonchev–Trinajstić information content (AvgIpc) is 2.04. The first-order chi connectivity index (χ1) is 5.63. The fraction of sp³-hybridized carbons (Fsp3) is 0.333. The van der Waals surface area contributed by atoms with Crippen LogP contribution in [0.15, 0.2) is 24.3 Å². The predicted molar refractivity (Wildman–Crippen MR) is 50.4 cm³/mol. The Morgan fingerprint density at radius 2 is 1.92 bits per heavy atom. The first-order valence-electron chi connectivity index (χ1n) is 3.71. The van der Waals surface area contributed by atoms with Crippen molar-refractivity contribution in [2.45, 2.75) is 5.50 Å². The van der Waals surface area contributed by atoms with Crippen molar-refractivity contribution in [1.29, 1.82) is 0 Å². The third-order valence-corrected chi connectivity index (χ3v) is 2.27. The molecular formula is C9H12ClNO. The third kappa shape index (κ3) is 1.90. The SMILES string of the molecule is CN(C)C(Cl)c1ccccc1O. The van der Waals surface area contributed by atoms with Crippen molar-refractivity contribution in [2.24, 2.45) is 0 Å². The summed E-state index contributed by atoms with van der Waals surface area (Å²) >= 11 is 6.01. The molecule has 1 aromatic rings. The van der Waals surface area contributed by atoms with E-state index in [1.54, 1.807) is 12.1 Å². The summed E-state index contributed by atoms with van der Waals surface area (Å²) in [4.78, 5) is 1.83. The number of nitrogens with zero attached hydrogens (tertiary/aromatic N) is 1. The Kier molecular flexibility index (Phi) is 2.95. The van der Waals surface area contributed by atoms with Gasteiger partial charge in [-0.1, -0.05) is 18.2 Å². The number of para-hydroxylation sites is 1. The Morgan fingerprint density at radius 3 is 2.42 bits per heavy atom. The summed E-state index contributed by atoms with van der Waals surface area (Å²) < 4.78 is 0. The van der Waals surface area contributed by atoms with E-state index in [1.807, 2.05) is 31.1 Å². The highest BCUT2D eigenvalue weighted by Crippen LogP contribution is 2.29. The highest BCUT2D eigenvalue weighted by molar-refractivity contribution is 6.20. The first kappa shape index (κ1) is 9.36. The van der Waals surface area contributed by atoms with Crippen LogP contribution in [0.4, 0.5) is 0 Å². The smallest absolute Gasteiger partial charge is 0.121 e. The molecule has 1 rings (SSSR count). The molecule has 1 aromatic carbocycles. The number of alkyl halides is 1. The summed E-state index contributed by atoms with van der Waals surface area (Å²) in [7, 11) is 3.73. The van der Waals surface area contributed by atoms with Gasteiger partial charge in [0.15, 0.2) is 0 Å². The summed E-state index contributed by atoms with van der Waals surface area (Å²) in [6.45, 7) is 0. The molecule has 0 radical (unpaired) electrons. The van der Waals surface area contributed by atoms with Gasteiger partial charge in [-0.3, -0.25) is 4.90 Å². The number of hydrogen-bond donors (Lipinski definition) is 1. The van der Waals surface area contributed by atoms with Crippen LogP contribution in [0.25, 0.3) is 0 Å². The van der Waals surface area contributed by atoms with Crippen LogP contribution in [0.5, 0.6) is 5.75 Å². The largest absolute Gasteiger partial charge is 0.508 e. The van der Waals surface area contributed by atoms with Gasteiger partial charge in [0.2, 0.25) is 0 Å². The minimum atomic E-state index is -0.272. The molecule has 0 spiro atoms. The normalized spacial score (nSPS) is 13.3. The van der Waals surface area contributed by atoms with Crippen LogP contribution in [0.1, 0.15) is 11.1 Å². The topological polar surface area (TPSA) is 23.5 Å². The fourth-order valence-electron chi connectivity index (χ4n) is 0.967. The van der Waals surface area contributed by atoms with Gasteiger partial charge in [-0.05, 0) is 20.2 Å². The molecule has 0 saturated heterocycles. The van der Waals surface area contributed by atoms with Crippen LogP contribution < -0.4 is 0 Å². The quantitative estimate of drug-likeness (QED) is 0.564. The minimum absolute atomic E-state index is 0.242. The average molecular weight is 186 g/mol. The fourth-order valence-corrected chi connectivity index (χ4v) is 1.15. The molecule has 1 atom stereocenters. The van der Waals surface area contributed by atoms with Gasteiger partial charge in [0.25, 0.3) is 0 Å². The Balaban J connectivity index is 2.94. The van der Waals surface area contributed by atoms with Gasteiger partial charge in [0, 0.05) is 5.56 Å². The lowest BCUT2D eigenvalue weighted by Gasteiger charge is -2.18. The zero-order valence-corrected chi connectivity index (χ0v) is 7.92. The second-order valence-corrected chi connectivity index (χ2v) is 3.27. The van der Waals surface area contributed by atoms with Crippen LogP contribution in [0.2, 0.25) is 0 Å². The van der Waals surface area contributed by atoms with E-state index < -0.39 is 0 Å². The number of benzene rings is 1. The zero-order chi connectivity index (χ0) is 9.14. The molecule has 0 saturated carbocycles. The van der Waals surface area contributed by atoms with E-state index in [2.05, 4.69) is 0 Å². The van der Waals surface area contributed by atoms with Gasteiger partial charge in [0.05, 0.1) is 0 Å². The molecule has 0 aromatic heterocycles. The van der Waals surface area contributed by atoms with Gasteiger partial charge in [0.1, 0.15) is 11.3 Å². The lowest BCUT2D eigenvalue weighted by Crippen LogP contribution is -2.14. The van der Waals surface area contributed by atoms with Gasteiger partial charge >= 0.3 is 0 Å². The van der Waals surface area contributed by atoms with Crippen molar-refractivity contribution in [2.75, 3.05) is 14.1 Å². The molecule has 1 unspecified atom stereocenters. The van der Waals surface area contributed by atoms with Gasteiger partial charge in [-0.15, -0.1) is 11.6 Å². The molecule has 1 N–H and O–H groups in total. The minimum Gasteiger partial charge on any atom is -0.508 e. The van der Waals surface area contributed by atoms with E-state index in [-0.39, 0.29) is 11.3 Å². The van der Waals surface area contributed by atoms with Gasteiger partial charge in [-0.25, -0.2) is 0 Å². The summed E-state index contributed by atoms with van der Waals surface area (Å²) in [5, 5.41) is 9.42. The van der Waals surface area contributed by atoms with E-state index >= 15 is 0 Å². The van der Waals surface area contributed by atoms with Crippen molar-refractivity contribution in [3.63, 3.8) is 0 Å². The van der Waals surface area contributed by atoms with Gasteiger partial charge in [-0.2, -0.15) is 0 Å². The van der Waals surface area contributed by atoms with Gasteiger partial charge < -0.3 is 5.11 Å². The number of hydrogen-bond acceptors (Lipinski definition) is 2. The maximum atomic E-state index is 9.42. The highest BCUT2D eigenvalue weighted by Gasteiger charge is 2.12. The molecule has 0 heterocycles. The monoisotopic (exact) mass is 185 g/mol. The number of halogens is 1. The van der Waals surface area contributed by atoms with Crippen molar-refractivity contribution >= 4 is 11.6 Å². The second kappa shape index (κ2) is 3.78. The Hall–Kier alpha value is -0.730. The lowest BCUT2D eigenvalue weighted by molar-refractivity contribution is 0.370. The van der Waals surface area contributed by atoms with Crippen molar-refractivity contribution in [3.8, 4) is 5.75 Å². The molecule has 0 aliphatic heterocycles. The van der Waals surface area contributed by atoms with E-state index in [0.29, 0.717) is 0 Å². The zero-order valence-electron chi connectivity index (χ0n) is 7.16. The number of aromatic hydroxyl groups is 1. The van der Waals surface area contributed by atoms with E-state index in [4.69, 9.17) is 11.6 Å². The summed E-state index contributed by atoms with van der Waals surface area (Å²) in [6.07, 6.45) is 0. The molecule has 0 aliphatic carbocycles. The number of rotatable bonds is 2. The third-order valence-electron chi connectivity index (χ3n) is 1.65. The maximum absolute atomic E-state index is 9.42. The number of phenolic OH excluding ortho intramolecular Hbond substituents is 1. The molecule has 3 heteroatoms. The maximum Gasteiger partial charge on any atom is 0.121 e. The Labute approximate surface area is 77.4 Å². The van der Waals surface area contributed by atoms with Crippen LogP contribution in [-0.2, 0) is 0 Å². The van der Waals surface area contributed by atoms with E-state index in [0.717, 1.165) is 5.56 Å². The molecule has 0 amide bonds. The number of phenols is 1. The molecule has 0 bridgehead atoms. The Morgan fingerprint density at radius 1 is 1.33 bits per heavy atom. The molecule has 12 heavy (non-hydrogen) atoms. The standard InChI is InChI=1S/C9H12ClNO/c1-11(2)9(10)7-5-3-4-6-8(7)12/h3-6,9,12H,1-2H3. The molecular weight excluding hydrogens is 174 g/mol. The van der Waals surface area contributed by atoms with Crippen LogP contribution in [-0.4, -0.2) is 24.1 Å². The van der Waals surface area contributed by atoms with E-state index in [9.17, 15) is 5.11 Å². The van der Waals surface area contributed by atoms with E-state index in [1.165, 1.54) is 0 Å². The molecule has 0 fully saturated rings. The van der Waals surface area contributed by atoms with Crippen LogP contribution in [0, 0.1) is 0 Å². The molecule has 66 valence electrons. The first-order valence-corrected chi connectivity index (χ1v) is 4.15. The second-order valence-electron chi connectivity index (χ2n) is 2.86. The molecule has 0 aliphatic rings. The molecule has 2 nitrogen and oxygen atoms in total. The van der Waals surface area contributed by atoms with Crippen molar-refractivity contribution in [3.05, 3.63) is 29.8 Å². The lowest BCUT2D eigenvalue weighted by atomic mass is 10.2. The summed E-state index contributed by atoms with van der Waals surface area (Å²) in [6, 6.07) is 7.08. The van der Waals surface area contributed by atoms with Crippen molar-refractivity contribution in [1.82, 2.24) is 4.90 Å². The van der Waals surface area contributed by atoms with Crippen molar-refractivity contribution < 1.29 is 5.11 Å². The van der Waals surface area contributed by atoms with Crippen LogP contribution in [0.3, 0.4) is 0 Å².